The number of nitrogens with one attached hydrogen (secondary N) is 1. The monoisotopic (exact) mass is 414 g/mol. The van der Waals surface area contributed by atoms with Crippen LogP contribution in [0.25, 0.3) is 22.0 Å². The fraction of sp³-hybridized carbons (Fsp3) is 0.261. The van der Waals surface area contributed by atoms with Crippen LogP contribution >= 0.6 is 0 Å². The SMILES string of the molecule is Cc1noc(C2CC2)c1Cc1cc(C(F)(F)F)ccc1-c1c[nH]c2ccc(F)cc12. The highest BCUT2D eigenvalue weighted by Crippen LogP contribution is 2.44. The van der Waals surface area contributed by atoms with Crippen LogP contribution in [0.3, 0.4) is 0 Å². The predicted octanol–water partition coefficient (Wildman–Crippen LogP) is 6.76. The van der Waals surface area contributed by atoms with E-state index in [1.54, 1.807) is 19.2 Å². The average molecular weight is 414 g/mol. The standard InChI is InChI=1S/C23H18F4N2O/c1-12-18(22(30-29-12)13-2-3-13)9-14-8-15(23(25,26)27)4-6-17(14)20-11-28-21-7-5-16(24)10-19(20)21/h4-8,10-11,13,28H,2-3,9H2,1H3. The largest absolute Gasteiger partial charge is 0.416 e. The summed E-state index contributed by atoms with van der Waals surface area (Å²) < 4.78 is 59.6. The van der Waals surface area contributed by atoms with E-state index in [4.69, 9.17) is 4.52 Å². The van der Waals surface area contributed by atoms with Crippen LogP contribution in [-0.2, 0) is 12.6 Å². The molecule has 0 atom stereocenters. The van der Waals surface area contributed by atoms with E-state index in [1.165, 1.54) is 24.3 Å². The normalized spacial score (nSPS) is 14.6. The first-order valence-electron chi connectivity index (χ1n) is 9.73. The van der Waals surface area contributed by atoms with Gasteiger partial charge in [-0.2, -0.15) is 13.2 Å². The molecule has 0 bridgehead atoms. The lowest BCUT2D eigenvalue weighted by molar-refractivity contribution is -0.137. The lowest BCUT2D eigenvalue weighted by Gasteiger charge is -2.14. The quantitative estimate of drug-likeness (QED) is 0.375. The van der Waals surface area contributed by atoms with Gasteiger partial charge < -0.3 is 9.51 Å². The molecule has 2 aromatic carbocycles. The van der Waals surface area contributed by atoms with Gasteiger partial charge in [0.15, 0.2) is 0 Å². The number of rotatable bonds is 4. The van der Waals surface area contributed by atoms with Crippen LogP contribution < -0.4 is 0 Å². The zero-order chi connectivity index (χ0) is 21.0. The molecule has 5 rings (SSSR count). The summed E-state index contributed by atoms with van der Waals surface area (Å²) in [5, 5.41) is 4.67. The Morgan fingerprint density at radius 1 is 1.10 bits per heavy atom. The van der Waals surface area contributed by atoms with E-state index >= 15 is 0 Å². The van der Waals surface area contributed by atoms with Gasteiger partial charge in [0.25, 0.3) is 0 Å². The zero-order valence-electron chi connectivity index (χ0n) is 16.1. The smallest absolute Gasteiger partial charge is 0.361 e. The highest BCUT2D eigenvalue weighted by atomic mass is 19.4. The minimum absolute atomic E-state index is 0.266. The molecule has 154 valence electrons. The highest BCUT2D eigenvalue weighted by molar-refractivity contribution is 5.96. The van der Waals surface area contributed by atoms with Crippen molar-refractivity contribution >= 4 is 10.9 Å². The van der Waals surface area contributed by atoms with E-state index in [-0.39, 0.29) is 12.3 Å². The van der Waals surface area contributed by atoms with Gasteiger partial charge in [0.2, 0.25) is 0 Å². The topological polar surface area (TPSA) is 41.8 Å². The van der Waals surface area contributed by atoms with Crippen molar-refractivity contribution < 1.29 is 22.1 Å². The summed E-state index contributed by atoms with van der Waals surface area (Å²) >= 11 is 0. The number of hydrogen-bond donors (Lipinski definition) is 1. The summed E-state index contributed by atoms with van der Waals surface area (Å²) in [5.74, 6) is 0.654. The van der Waals surface area contributed by atoms with Crippen molar-refractivity contribution in [3.63, 3.8) is 0 Å². The minimum Gasteiger partial charge on any atom is -0.361 e. The molecule has 0 spiro atoms. The second-order valence-corrected chi connectivity index (χ2v) is 7.82. The molecule has 1 fully saturated rings. The Hall–Kier alpha value is -3.09. The average Bonchev–Trinajstić information content (AvgIpc) is 3.36. The summed E-state index contributed by atoms with van der Waals surface area (Å²) in [4.78, 5) is 3.08. The third-order valence-electron chi connectivity index (χ3n) is 5.70. The van der Waals surface area contributed by atoms with E-state index in [2.05, 4.69) is 10.1 Å². The molecule has 0 aliphatic heterocycles. The van der Waals surface area contributed by atoms with E-state index < -0.39 is 17.6 Å². The molecule has 4 aromatic rings. The molecule has 1 saturated carbocycles. The van der Waals surface area contributed by atoms with Crippen molar-refractivity contribution in [3.05, 3.63) is 76.6 Å². The third-order valence-corrected chi connectivity index (χ3v) is 5.70. The van der Waals surface area contributed by atoms with Crippen molar-refractivity contribution in [1.29, 1.82) is 0 Å². The van der Waals surface area contributed by atoms with E-state index in [1.807, 2.05) is 0 Å². The van der Waals surface area contributed by atoms with Gasteiger partial charge in [-0.15, -0.1) is 0 Å². The Morgan fingerprint density at radius 3 is 2.63 bits per heavy atom. The van der Waals surface area contributed by atoms with Crippen molar-refractivity contribution in [3.8, 4) is 11.1 Å². The van der Waals surface area contributed by atoms with Gasteiger partial charge in [-0.05, 0) is 61.2 Å². The predicted molar refractivity (Wildman–Crippen MR) is 105 cm³/mol. The fourth-order valence-corrected chi connectivity index (χ4v) is 3.97. The first-order chi connectivity index (χ1) is 14.3. The van der Waals surface area contributed by atoms with Crippen molar-refractivity contribution in [2.24, 2.45) is 0 Å². The van der Waals surface area contributed by atoms with Crippen molar-refractivity contribution in [1.82, 2.24) is 10.1 Å². The van der Waals surface area contributed by atoms with E-state index in [9.17, 15) is 17.6 Å². The zero-order valence-corrected chi connectivity index (χ0v) is 16.1. The minimum atomic E-state index is -4.46. The van der Waals surface area contributed by atoms with Gasteiger partial charge in [0, 0.05) is 40.6 Å². The van der Waals surface area contributed by atoms with Crippen LogP contribution in [0.1, 0.15) is 46.9 Å². The van der Waals surface area contributed by atoms with Gasteiger partial charge in [-0.25, -0.2) is 4.39 Å². The number of H-pyrrole nitrogens is 1. The lowest BCUT2D eigenvalue weighted by atomic mass is 9.91. The Balaban J connectivity index is 1.68. The molecule has 2 heterocycles. The highest BCUT2D eigenvalue weighted by Gasteiger charge is 2.33. The van der Waals surface area contributed by atoms with Gasteiger partial charge in [0.1, 0.15) is 11.6 Å². The number of halogens is 4. The molecular weight excluding hydrogens is 396 g/mol. The summed E-state index contributed by atoms with van der Waals surface area (Å²) in [6.07, 6.45) is -0.485. The molecule has 2 aromatic heterocycles. The Bertz CT molecular complexity index is 1250. The fourth-order valence-electron chi connectivity index (χ4n) is 3.97. The molecule has 0 unspecified atom stereocenters. The molecule has 0 saturated heterocycles. The first kappa shape index (κ1) is 18.9. The number of alkyl halides is 3. The maximum atomic E-state index is 13.9. The summed E-state index contributed by atoms with van der Waals surface area (Å²) in [6, 6.07) is 8.07. The molecule has 1 aliphatic carbocycles. The Labute approximate surface area is 169 Å². The molecular formula is C23H18F4N2O. The van der Waals surface area contributed by atoms with Crippen LogP contribution in [-0.4, -0.2) is 10.1 Å². The van der Waals surface area contributed by atoms with E-state index in [0.29, 0.717) is 27.8 Å². The number of fused-ring (bicyclic) bond motifs is 1. The van der Waals surface area contributed by atoms with Crippen molar-refractivity contribution in [2.45, 2.75) is 38.3 Å². The van der Waals surface area contributed by atoms with Crippen LogP contribution in [0.15, 0.2) is 47.1 Å². The summed E-state index contributed by atoms with van der Waals surface area (Å²) in [7, 11) is 0. The Morgan fingerprint density at radius 2 is 1.90 bits per heavy atom. The van der Waals surface area contributed by atoms with Crippen LogP contribution in [0.2, 0.25) is 0 Å². The number of benzene rings is 2. The number of hydrogen-bond acceptors (Lipinski definition) is 2. The first-order valence-corrected chi connectivity index (χ1v) is 9.73. The molecule has 1 aliphatic rings. The number of aryl methyl sites for hydroxylation is 1. The van der Waals surface area contributed by atoms with Crippen LogP contribution in [0.5, 0.6) is 0 Å². The van der Waals surface area contributed by atoms with Crippen molar-refractivity contribution in [2.75, 3.05) is 0 Å². The third kappa shape index (κ3) is 3.28. The summed E-state index contributed by atoms with van der Waals surface area (Å²) in [5.41, 5.74) is 3.32. The number of nitrogens with zero attached hydrogens (tertiary/aromatic N) is 1. The lowest BCUT2D eigenvalue weighted by Crippen LogP contribution is -2.07. The maximum Gasteiger partial charge on any atom is 0.416 e. The van der Waals surface area contributed by atoms with Gasteiger partial charge in [0.05, 0.1) is 11.3 Å². The molecule has 3 nitrogen and oxygen atoms in total. The molecule has 7 heteroatoms. The second kappa shape index (κ2) is 6.72. The number of aromatic nitrogens is 2. The second-order valence-electron chi connectivity index (χ2n) is 7.82. The molecule has 30 heavy (non-hydrogen) atoms. The number of aromatic amines is 1. The van der Waals surface area contributed by atoms with Crippen LogP contribution in [0.4, 0.5) is 17.6 Å². The van der Waals surface area contributed by atoms with Crippen LogP contribution in [0, 0.1) is 12.7 Å². The van der Waals surface area contributed by atoms with E-state index in [0.717, 1.165) is 35.7 Å². The van der Waals surface area contributed by atoms with Gasteiger partial charge in [-0.1, -0.05) is 11.2 Å². The Kier molecular flexibility index (Phi) is 4.24. The molecule has 0 radical (unpaired) electrons. The maximum absolute atomic E-state index is 13.9. The van der Waals surface area contributed by atoms with Gasteiger partial charge in [-0.3, -0.25) is 0 Å². The summed E-state index contributed by atoms with van der Waals surface area (Å²) in [6.45, 7) is 1.80. The molecule has 1 N–H and O–H groups in total. The van der Waals surface area contributed by atoms with Gasteiger partial charge >= 0.3 is 6.18 Å². The molecule has 0 amide bonds.